The molecule has 1 aliphatic heterocycles. The van der Waals surface area contributed by atoms with Crippen molar-refractivity contribution < 1.29 is 14.3 Å². The largest absolute Gasteiger partial charge is 0.497 e. The lowest BCUT2D eigenvalue weighted by molar-refractivity contribution is -0.133. The van der Waals surface area contributed by atoms with Gasteiger partial charge in [0.15, 0.2) is 23.6 Å². The van der Waals surface area contributed by atoms with E-state index >= 15 is 0 Å². The third kappa shape index (κ3) is 5.18. The van der Waals surface area contributed by atoms with Crippen LogP contribution in [0.15, 0.2) is 54.7 Å². The molecule has 3 heterocycles. The van der Waals surface area contributed by atoms with Crippen LogP contribution >= 0.6 is 0 Å². The fourth-order valence-electron chi connectivity index (χ4n) is 4.06. The molecule has 0 saturated carbocycles. The van der Waals surface area contributed by atoms with E-state index in [1.165, 1.54) is 0 Å². The SMILES string of the molecule is COc1ccc(OCC(=O)N2CCN(c3nc(N)nc4ncc(-c5ccc(C#N)cc5)nc34)CC2)cc1. The fourth-order valence-corrected chi connectivity index (χ4v) is 4.06. The standard InChI is InChI=1S/C26H24N8O3/c1-36-19-6-8-20(9-7-19)37-16-22(35)33-10-12-34(13-11-33)25-23-24(31-26(28)32-25)29-15-21(30-23)18-4-2-17(14-27)3-5-18/h2-9,15H,10-13,16H2,1H3,(H2,28,29,31,32). The van der Waals surface area contributed by atoms with Crippen LogP contribution in [-0.4, -0.2) is 70.6 Å². The summed E-state index contributed by atoms with van der Waals surface area (Å²) in [6.07, 6.45) is 1.62. The molecule has 11 nitrogen and oxygen atoms in total. The lowest BCUT2D eigenvalue weighted by Gasteiger charge is -2.35. The molecule has 1 fully saturated rings. The van der Waals surface area contributed by atoms with Gasteiger partial charge in [-0.1, -0.05) is 12.1 Å². The second kappa shape index (κ2) is 10.3. The summed E-state index contributed by atoms with van der Waals surface area (Å²) in [6.45, 7) is 2.04. The predicted molar refractivity (Wildman–Crippen MR) is 137 cm³/mol. The number of nitrogen functional groups attached to an aromatic ring is 1. The molecule has 4 aromatic rings. The maximum absolute atomic E-state index is 12.7. The van der Waals surface area contributed by atoms with Gasteiger partial charge in [0.05, 0.1) is 30.6 Å². The second-order valence-electron chi connectivity index (χ2n) is 8.35. The van der Waals surface area contributed by atoms with Crippen LogP contribution in [-0.2, 0) is 4.79 Å². The van der Waals surface area contributed by atoms with Gasteiger partial charge in [0.25, 0.3) is 5.91 Å². The maximum Gasteiger partial charge on any atom is 0.260 e. The number of amides is 1. The maximum atomic E-state index is 12.7. The van der Waals surface area contributed by atoms with Crippen molar-refractivity contribution in [2.45, 2.75) is 0 Å². The summed E-state index contributed by atoms with van der Waals surface area (Å²) in [5, 5.41) is 9.05. The minimum atomic E-state index is -0.0922. The number of carbonyl (C=O) groups excluding carboxylic acids is 1. The average molecular weight is 497 g/mol. The van der Waals surface area contributed by atoms with E-state index in [1.807, 2.05) is 17.0 Å². The number of piperazine rings is 1. The van der Waals surface area contributed by atoms with Gasteiger partial charge in [-0.2, -0.15) is 15.2 Å². The number of aromatic nitrogens is 4. The van der Waals surface area contributed by atoms with Gasteiger partial charge in [0, 0.05) is 31.7 Å². The number of rotatable bonds is 6. The molecule has 2 N–H and O–H groups in total. The first-order chi connectivity index (χ1) is 18.0. The summed E-state index contributed by atoms with van der Waals surface area (Å²) < 4.78 is 10.8. The lowest BCUT2D eigenvalue weighted by atomic mass is 10.1. The van der Waals surface area contributed by atoms with E-state index in [4.69, 9.17) is 25.5 Å². The Bertz CT molecular complexity index is 1460. The molecule has 0 unspecified atom stereocenters. The summed E-state index contributed by atoms with van der Waals surface area (Å²) in [5.41, 5.74) is 8.91. The Labute approximate surface area is 213 Å². The molecule has 37 heavy (non-hydrogen) atoms. The van der Waals surface area contributed by atoms with Crippen LogP contribution in [0.1, 0.15) is 5.56 Å². The Morgan fingerprint density at radius 1 is 1.00 bits per heavy atom. The van der Waals surface area contributed by atoms with Crippen LogP contribution in [0.2, 0.25) is 0 Å². The molecule has 1 saturated heterocycles. The second-order valence-corrected chi connectivity index (χ2v) is 8.35. The van der Waals surface area contributed by atoms with Gasteiger partial charge in [0.2, 0.25) is 5.95 Å². The topological polar surface area (TPSA) is 143 Å². The van der Waals surface area contributed by atoms with Crippen LogP contribution in [0.3, 0.4) is 0 Å². The number of fused-ring (bicyclic) bond motifs is 1. The first-order valence-corrected chi connectivity index (χ1v) is 11.6. The van der Waals surface area contributed by atoms with Gasteiger partial charge < -0.3 is 25.0 Å². The third-order valence-corrected chi connectivity index (χ3v) is 6.07. The number of nitrogens with two attached hydrogens (primary N) is 1. The van der Waals surface area contributed by atoms with E-state index < -0.39 is 0 Å². The van der Waals surface area contributed by atoms with Gasteiger partial charge in [-0.05, 0) is 36.4 Å². The van der Waals surface area contributed by atoms with E-state index in [9.17, 15) is 4.79 Å². The molecule has 5 rings (SSSR count). The first kappa shape index (κ1) is 23.7. The van der Waals surface area contributed by atoms with E-state index in [0.29, 0.717) is 60.2 Å². The number of methoxy groups -OCH3 is 1. The monoisotopic (exact) mass is 496 g/mol. The molecule has 1 aliphatic rings. The molecule has 0 bridgehead atoms. The summed E-state index contributed by atoms with van der Waals surface area (Å²) in [4.78, 5) is 34.4. The number of carbonyl (C=O) groups is 1. The average Bonchev–Trinajstić information content (AvgIpc) is 2.95. The Hall–Kier alpha value is -4.98. The Morgan fingerprint density at radius 3 is 2.38 bits per heavy atom. The molecule has 1 amide bonds. The summed E-state index contributed by atoms with van der Waals surface area (Å²) in [6, 6.07) is 16.3. The number of nitriles is 1. The van der Waals surface area contributed by atoms with Crippen molar-refractivity contribution in [1.82, 2.24) is 24.8 Å². The summed E-state index contributed by atoms with van der Waals surface area (Å²) in [7, 11) is 1.60. The fraction of sp³-hybridized carbons (Fsp3) is 0.231. The predicted octanol–water partition coefficient (Wildman–Crippen LogP) is 2.28. The van der Waals surface area contributed by atoms with Gasteiger partial charge in [-0.25, -0.2) is 9.97 Å². The minimum Gasteiger partial charge on any atom is -0.497 e. The highest BCUT2D eigenvalue weighted by atomic mass is 16.5. The zero-order valence-corrected chi connectivity index (χ0v) is 20.2. The van der Waals surface area contributed by atoms with E-state index in [-0.39, 0.29) is 18.5 Å². The Kier molecular flexibility index (Phi) is 6.63. The molecule has 2 aromatic carbocycles. The normalized spacial score (nSPS) is 13.3. The number of hydrogen-bond donors (Lipinski definition) is 1. The lowest BCUT2D eigenvalue weighted by Crippen LogP contribution is -2.50. The van der Waals surface area contributed by atoms with E-state index in [0.717, 1.165) is 11.3 Å². The smallest absolute Gasteiger partial charge is 0.260 e. The number of hydrogen-bond acceptors (Lipinski definition) is 10. The highest BCUT2D eigenvalue weighted by molar-refractivity contribution is 5.86. The Morgan fingerprint density at radius 2 is 1.70 bits per heavy atom. The van der Waals surface area contributed by atoms with Crippen molar-refractivity contribution in [2.75, 3.05) is 50.5 Å². The molecule has 0 atom stereocenters. The quantitative estimate of drug-likeness (QED) is 0.422. The highest BCUT2D eigenvalue weighted by Crippen LogP contribution is 2.26. The van der Waals surface area contributed by atoms with Crippen molar-refractivity contribution in [1.29, 1.82) is 5.26 Å². The highest BCUT2D eigenvalue weighted by Gasteiger charge is 2.25. The molecular formula is C26H24N8O3. The van der Waals surface area contributed by atoms with Gasteiger partial charge in [-0.15, -0.1) is 0 Å². The van der Waals surface area contributed by atoms with Crippen molar-refractivity contribution in [3.63, 3.8) is 0 Å². The van der Waals surface area contributed by atoms with Crippen molar-refractivity contribution in [3.05, 3.63) is 60.3 Å². The van der Waals surface area contributed by atoms with Gasteiger partial charge in [0.1, 0.15) is 11.5 Å². The molecule has 186 valence electrons. The molecular weight excluding hydrogens is 472 g/mol. The van der Waals surface area contributed by atoms with E-state index in [1.54, 1.807) is 54.6 Å². The van der Waals surface area contributed by atoms with Gasteiger partial charge in [-0.3, -0.25) is 4.79 Å². The van der Waals surface area contributed by atoms with Crippen LogP contribution < -0.4 is 20.1 Å². The zero-order valence-electron chi connectivity index (χ0n) is 20.2. The van der Waals surface area contributed by atoms with Crippen LogP contribution in [0.4, 0.5) is 11.8 Å². The minimum absolute atomic E-state index is 0.0465. The molecule has 2 aromatic heterocycles. The van der Waals surface area contributed by atoms with Crippen LogP contribution in [0.25, 0.3) is 22.4 Å². The number of nitrogens with zero attached hydrogens (tertiary/aromatic N) is 7. The summed E-state index contributed by atoms with van der Waals surface area (Å²) in [5.74, 6) is 1.92. The molecule has 0 aliphatic carbocycles. The molecule has 0 spiro atoms. The van der Waals surface area contributed by atoms with Crippen molar-refractivity contribution in [2.24, 2.45) is 0 Å². The first-order valence-electron chi connectivity index (χ1n) is 11.6. The van der Waals surface area contributed by atoms with Crippen molar-refractivity contribution in [3.8, 4) is 28.8 Å². The number of anilines is 2. The van der Waals surface area contributed by atoms with Crippen molar-refractivity contribution >= 4 is 28.8 Å². The number of ether oxygens (including phenoxy) is 2. The third-order valence-electron chi connectivity index (χ3n) is 6.07. The van der Waals surface area contributed by atoms with Gasteiger partial charge >= 0.3 is 0 Å². The summed E-state index contributed by atoms with van der Waals surface area (Å²) >= 11 is 0. The Balaban J connectivity index is 1.29. The van der Waals surface area contributed by atoms with Crippen LogP contribution in [0.5, 0.6) is 11.5 Å². The number of benzene rings is 2. The zero-order chi connectivity index (χ0) is 25.8. The van der Waals surface area contributed by atoms with Crippen LogP contribution in [0, 0.1) is 11.3 Å². The van der Waals surface area contributed by atoms with E-state index in [2.05, 4.69) is 21.0 Å². The molecule has 11 heteroatoms. The molecule has 0 radical (unpaired) electrons.